The molecule has 0 heterocycles. The fourth-order valence-corrected chi connectivity index (χ4v) is 2.35. The lowest BCUT2D eigenvalue weighted by Gasteiger charge is -2.23. The molecule has 1 aliphatic rings. The summed E-state index contributed by atoms with van der Waals surface area (Å²) in [4.78, 5) is 0. The molecule has 0 spiro atoms. The van der Waals surface area contributed by atoms with Crippen molar-refractivity contribution in [3.8, 4) is 0 Å². The van der Waals surface area contributed by atoms with Crippen LogP contribution in [0.15, 0.2) is 0 Å². The van der Waals surface area contributed by atoms with Crippen molar-refractivity contribution in [2.75, 3.05) is 0 Å². The first-order valence-electron chi connectivity index (χ1n) is 3.77. The van der Waals surface area contributed by atoms with Gasteiger partial charge in [-0.15, -0.1) is 12.4 Å². The molecule has 0 radical (unpaired) electrons. The van der Waals surface area contributed by atoms with Crippen molar-refractivity contribution in [3.63, 3.8) is 0 Å². The van der Waals surface area contributed by atoms with Crippen molar-refractivity contribution in [3.05, 3.63) is 0 Å². The minimum atomic E-state index is -3.30. The van der Waals surface area contributed by atoms with Gasteiger partial charge in [-0.1, -0.05) is 0 Å². The van der Waals surface area contributed by atoms with Crippen molar-refractivity contribution >= 4 is 22.4 Å². The molecule has 4 nitrogen and oxygen atoms in total. The van der Waals surface area contributed by atoms with Gasteiger partial charge in [-0.2, -0.15) is 0 Å². The maximum absolute atomic E-state index is 10.8. The van der Waals surface area contributed by atoms with Crippen LogP contribution in [-0.2, 0) is 10.0 Å². The smallest absolute Gasteiger partial charge is 0.211 e. The molecule has 1 saturated carbocycles. The Kier molecular flexibility index (Phi) is 4.47. The highest BCUT2D eigenvalue weighted by Gasteiger charge is 2.26. The van der Waals surface area contributed by atoms with E-state index in [0.29, 0.717) is 12.8 Å². The van der Waals surface area contributed by atoms with E-state index in [1.54, 1.807) is 0 Å². The summed E-state index contributed by atoms with van der Waals surface area (Å²) in [5.74, 6) is 0. The molecule has 0 saturated heterocycles. The van der Waals surface area contributed by atoms with Crippen molar-refractivity contribution in [2.45, 2.75) is 37.0 Å². The van der Waals surface area contributed by atoms with Gasteiger partial charge in [0.05, 0.1) is 5.25 Å². The zero-order valence-corrected chi connectivity index (χ0v) is 8.40. The van der Waals surface area contributed by atoms with Crippen molar-refractivity contribution in [2.24, 2.45) is 10.9 Å². The molecule has 0 aromatic carbocycles. The average molecular weight is 215 g/mol. The summed E-state index contributed by atoms with van der Waals surface area (Å²) in [6, 6.07) is 0.174. The predicted octanol–water partition coefficient (Wildman–Crippen LogP) is -0.0334. The van der Waals surface area contributed by atoms with Gasteiger partial charge in [0.1, 0.15) is 0 Å². The molecule has 6 heteroatoms. The zero-order chi connectivity index (χ0) is 8.48. The van der Waals surface area contributed by atoms with Crippen LogP contribution in [0.1, 0.15) is 25.7 Å². The number of hydrogen-bond donors (Lipinski definition) is 2. The first-order valence-corrected chi connectivity index (χ1v) is 5.38. The van der Waals surface area contributed by atoms with E-state index in [1.165, 1.54) is 0 Å². The van der Waals surface area contributed by atoms with Gasteiger partial charge in [0, 0.05) is 6.04 Å². The second-order valence-electron chi connectivity index (χ2n) is 3.13. The largest absolute Gasteiger partial charge is 0.328 e. The molecule has 12 heavy (non-hydrogen) atoms. The van der Waals surface area contributed by atoms with Crippen molar-refractivity contribution in [1.29, 1.82) is 0 Å². The van der Waals surface area contributed by atoms with E-state index in [9.17, 15) is 8.42 Å². The van der Waals surface area contributed by atoms with E-state index in [4.69, 9.17) is 10.9 Å². The van der Waals surface area contributed by atoms with E-state index in [0.717, 1.165) is 12.8 Å². The van der Waals surface area contributed by atoms with Gasteiger partial charge in [0.2, 0.25) is 10.0 Å². The lowest BCUT2D eigenvalue weighted by molar-refractivity contribution is 0.434. The first-order chi connectivity index (χ1) is 5.00. The minimum absolute atomic E-state index is 0. The van der Waals surface area contributed by atoms with Crippen LogP contribution in [0.2, 0.25) is 0 Å². The summed E-state index contributed by atoms with van der Waals surface area (Å²) in [6.07, 6.45) is 2.81. The van der Waals surface area contributed by atoms with Gasteiger partial charge in [-0.05, 0) is 25.7 Å². The molecule has 1 fully saturated rings. The number of nitrogens with two attached hydrogens (primary N) is 2. The van der Waals surface area contributed by atoms with Crippen LogP contribution in [0.25, 0.3) is 0 Å². The Bertz CT molecular complexity index is 222. The maximum Gasteiger partial charge on any atom is 0.211 e. The van der Waals surface area contributed by atoms with Gasteiger partial charge in [0.15, 0.2) is 0 Å². The topological polar surface area (TPSA) is 86.2 Å². The molecule has 74 valence electrons. The monoisotopic (exact) mass is 214 g/mol. The molecule has 0 unspecified atom stereocenters. The lowest BCUT2D eigenvalue weighted by Crippen LogP contribution is -2.36. The number of hydrogen-bond acceptors (Lipinski definition) is 3. The van der Waals surface area contributed by atoms with Crippen LogP contribution in [0, 0.1) is 0 Å². The number of rotatable bonds is 1. The van der Waals surface area contributed by atoms with Crippen molar-refractivity contribution < 1.29 is 8.42 Å². The highest BCUT2D eigenvalue weighted by Crippen LogP contribution is 2.21. The summed E-state index contributed by atoms with van der Waals surface area (Å²) < 4.78 is 21.7. The fraction of sp³-hybridized carbons (Fsp3) is 1.00. The SMILES string of the molecule is Cl.NC1CCC(S(N)(=O)=O)CC1. The Hall–Kier alpha value is 0.160. The molecule has 4 N–H and O–H groups in total. The Morgan fingerprint density at radius 3 is 1.83 bits per heavy atom. The Balaban J connectivity index is 0.00000121. The molecule has 1 rings (SSSR count). The summed E-state index contributed by atoms with van der Waals surface area (Å²) in [5, 5.41) is 4.64. The molecule has 0 aliphatic heterocycles. The highest BCUT2D eigenvalue weighted by atomic mass is 35.5. The van der Waals surface area contributed by atoms with E-state index in [2.05, 4.69) is 0 Å². The van der Waals surface area contributed by atoms with E-state index < -0.39 is 10.0 Å². The van der Waals surface area contributed by atoms with Crippen LogP contribution in [0.3, 0.4) is 0 Å². The molecule has 0 amide bonds. The molecule has 0 bridgehead atoms. The van der Waals surface area contributed by atoms with Crippen LogP contribution in [0.4, 0.5) is 0 Å². The summed E-state index contributed by atoms with van der Waals surface area (Å²) >= 11 is 0. The molecule has 1 aliphatic carbocycles. The second kappa shape index (κ2) is 4.41. The van der Waals surface area contributed by atoms with E-state index in [1.807, 2.05) is 0 Å². The quantitative estimate of drug-likeness (QED) is 0.643. The predicted molar refractivity (Wildman–Crippen MR) is 50.6 cm³/mol. The normalized spacial score (nSPS) is 30.8. The fourth-order valence-electron chi connectivity index (χ4n) is 1.42. The minimum Gasteiger partial charge on any atom is -0.328 e. The van der Waals surface area contributed by atoms with Crippen LogP contribution < -0.4 is 10.9 Å². The number of sulfonamides is 1. The average Bonchev–Trinajstić information content (AvgIpc) is 1.86. The van der Waals surface area contributed by atoms with E-state index in [-0.39, 0.29) is 23.7 Å². The van der Waals surface area contributed by atoms with Gasteiger partial charge >= 0.3 is 0 Å². The van der Waals surface area contributed by atoms with E-state index >= 15 is 0 Å². The van der Waals surface area contributed by atoms with Crippen molar-refractivity contribution in [1.82, 2.24) is 0 Å². The zero-order valence-electron chi connectivity index (χ0n) is 6.77. The third-order valence-electron chi connectivity index (χ3n) is 2.18. The number of primary sulfonamides is 1. The number of halogens is 1. The summed E-state index contributed by atoms with van der Waals surface area (Å²) in [5.41, 5.74) is 5.60. The first kappa shape index (κ1) is 12.2. The third kappa shape index (κ3) is 3.26. The van der Waals surface area contributed by atoms with Crippen LogP contribution in [0.5, 0.6) is 0 Å². The third-order valence-corrected chi connectivity index (χ3v) is 3.58. The summed E-state index contributed by atoms with van der Waals surface area (Å²) in [6.45, 7) is 0. The van der Waals surface area contributed by atoms with Gasteiger partial charge in [-0.25, -0.2) is 13.6 Å². The molecule has 0 atom stereocenters. The molecule has 0 aromatic rings. The van der Waals surface area contributed by atoms with Crippen LogP contribution >= 0.6 is 12.4 Å². The molecule has 0 aromatic heterocycles. The van der Waals surface area contributed by atoms with Crippen LogP contribution in [-0.4, -0.2) is 19.7 Å². The Morgan fingerprint density at radius 2 is 1.50 bits per heavy atom. The van der Waals surface area contributed by atoms with Gasteiger partial charge in [0.25, 0.3) is 0 Å². The Labute approximate surface area is 79.2 Å². The Morgan fingerprint density at radius 1 is 1.08 bits per heavy atom. The van der Waals surface area contributed by atoms with Gasteiger partial charge < -0.3 is 5.73 Å². The molecular formula is C6H15ClN2O2S. The maximum atomic E-state index is 10.8. The molecular weight excluding hydrogens is 200 g/mol. The standard InChI is InChI=1S/C6H14N2O2S.ClH/c7-5-1-3-6(4-2-5)11(8,9)10;/h5-6H,1-4,7H2,(H2,8,9,10);1H. The van der Waals surface area contributed by atoms with Gasteiger partial charge in [-0.3, -0.25) is 0 Å². The second-order valence-corrected chi connectivity index (χ2v) is 4.97. The highest BCUT2D eigenvalue weighted by molar-refractivity contribution is 7.89. The summed E-state index contributed by atoms with van der Waals surface area (Å²) in [7, 11) is -3.30. The lowest BCUT2D eigenvalue weighted by atomic mass is 9.96.